The molecule has 1 aromatic rings. The molecule has 0 aromatic carbocycles. The summed E-state index contributed by atoms with van der Waals surface area (Å²) in [5, 5.41) is 19.4. The number of ether oxygens (including phenoxy) is 1. The third-order valence-corrected chi connectivity index (χ3v) is 3.74. The Kier molecular flexibility index (Phi) is 3.84. The fourth-order valence-corrected chi connectivity index (χ4v) is 2.47. The number of amides is 1. The highest BCUT2D eigenvalue weighted by molar-refractivity contribution is 5.84. The van der Waals surface area contributed by atoms with Gasteiger partial charge in [0.15, 0.2) is 5.69 Å². The first-order valence-corrected chi connectivity index (χ1v) is 6.87. The molecule has 2 aliphatic heterocycles. The molecule has 114 valence electrons. The van der Waals surface area contributed by atoms with E-state index in [9.17, 15) is 9.59 Å². The van der Waals surface area contributed by atoms with Crippen molar-refractivity contribution in [3.8, 4) is 0 Å². The van der Waals surface area contributed by atoms with E-state index >= 15 is 0 Å². The van der Waals surface area contributed by atoms with Crippen LogP contribution in [-0.4, -0.2) is 75.8 Å². The van der Waals surface area contributed by atoms with Crippen LogP contribution in [0.5, 0.6) is 0 Å². The third kappa shape index (κ3) is 3.03. The number of aromatic nitrogens is 3. The van der Waals surface area contributed by atoms with Crippen molar-refractivity contribution in [2.45, 2.75) is 18.5 Å². The van der Waals surface area contributed by atoms with E-state index in [1.54, 1.807) is 4.90 Å². The molecule has 0 bridgehead atoms. The van der Waals surface area contributed by atoms with Gasteiger partial charge in [-0.1, -0.05) is 5.21 Å². The van der Waals surface area contributed by atoms with Crippen LogP contribution in [0.2, 0.25) is 0 Å². The largest absolute Gasteiger partial charge is 0.476 e. The van der Waals surface area contributed by atoms with E-state index in [0.29, 0.717) is 32.7 Å². The van der Waals surface area contributed by atoms with Gasteiger partial charge in [0.1, 0.15) is 0 Å². The average Bonchev–Trinajstić information content (AvgIpc) is 2.88. The summed E-state index contributed by atoms with van der Waals surface area (Å²) in [5.41, 5.74) is -0.0802. The predicted molar refractivity (Wildman–Crippen MR) is 69.8 cm³/mol. The quantitative estimate of drug-likeness (QED) is 0.713. The first-order valence-electron chi connectivity index (χ1n) is 6.87. The second-order valence-corrected chi connectivity index (χ2v) is 5.27. The Balaban J connectivity index is 1.48. The van der Waals surface area contributed by atoms with E-state index in [1.807, 2.05) is 0 Å². The molecule has 1 atom stereocenters. The van der Waals surface area contributed by atoms with Crippen LogP contribution in [0.3, 0.4) is 0 Å². The minimum Gasteiger partial charge on any atom is -0.476 e. The average molecular weight is 295 g/mol. The highest BCUT2D eigenvalue weighted by atomic mass is 16.5. The summed E-state index contributed by atoms with van der Waals surface area (Å²) in [5.74, 6) is -1.02. The summed E-state index contributed by atoms with van der Waals surface area (Å²) in [4.78, 5) is 24.6. The first kappa shape index (κ1) is 14.0. The monoisotopic (exact) mass is 295 g/mol. The molecular weight excluding hydrogens is 278 g/mol. The molecule has 1 aromatic heterocycles. The fraction of sp³-hybridized carbons (Fsp3) is 0.667. The Labute approximate surface area is 120 Å². The van der Waals surface area contributed by atoms with Crippen LogP contribution in [0.25, 0.3) is 0 Å². The van der Waals surface area contributed by atoms with Gasteiger partial charge in [-0.3, -0.25) is 4.79 Å². The number of carboxylic acids is 1. The number of hydrogen-bond donors (Lipinski definition) is 2. The van der Waals surface area contributed by atoms with Crippen LogP contribution in [0.1, 0.15) is 23.0 Å². The maximum atomic E-state index is 12.1. The SMILES string of the molecule is O=C(O)c1cn(C2CN(C(=O)CC3COCCN3)C2)nn1. The molecule has 0 saturated carbocycles. The van der Waals surface area contributed by atoms with E-state index in [-0.39, 0.29) is 23.7 Å². The van der Waals surface area contributed by atoms with Gasteiger partial charge in [0.2, 0.25) is 5.91 Å². The third-order valence-electron chi connectivity index (χ3n) is 3.74. The fourth-order valence-electron chi connectivity index (χ4n) is 2.47. The zero-order valence-electron chi connectivity index (χ0n) is 11.4. The molecule has 3 rings (SSSR count). The Hall–Kier alpha value is -2.00. The number of carbonyl (C=O) groups excluding carboxylic acids is 1. The summed E-state index contributed by atoms with van der Waals surface area (Å²) in [6, 6.07) is 0.0837. The summed E-state index contributed by atoms with van der Waals surface area (Å²) in [6.45, 7) is 3.10. The van der Waals surface area contributed by atoms with E-state index < -0.39 is 5.97 Å². The lowest BCUT2D eigenvalue weighted by atomic mass is 10.1. The molecular formula is C12H17N5O4. The minimum absolute atomic E-state index is 0.00474. The molecule has 1 amide bonds. The van der Waals surface area contributed by atoms with Gasteiger partial charge in [-0.05, 0) is 0 Å². The molecule has 21 heavy (non-hydrogen) atoms. The van der Waals surface area contributed by atoms with Crippen molar-refractivity contribution in [2.75, 3.05) is 32.8 Å². The van der Waals surface area contributed by atoms with Crippen molar-refractivity contribution < 1.29 is 19.4 Å². The Morgan fingerprint density at radius 1 is 1.48 bits per heavy atom. The zero-order chi connectivity index (χ0) is 14.8. The highest BCUT2D eigenvalue weighted by Crippen LogP contribution is 2.21. The predicted octanol–water partition coefficient (Wildman–Crippen LogP) is -1.26. The standard InChI is InChI=1S/C12H17N5O4/c18-11(3-8-7-21-2-1-13-8)16-4-9(5-16)17-6-10(12(19)20)14-15-17/h6,8-9,13H,1-5,7H2,(H,19,20). The van der Waals surface area contributed by atoms with Gasteiger partial charge in [-0.25, -0.2) is 9.48 Å². The van der Waals surface area contributed by atoms with Gasteiger partial charge in [-0.15, -0.1) is 5.10 Å². The van der Waals surface area contributed by atoms with E-state index in [1.165, 1.54) is 10.9 Å². The molecule has 2 N–H and O–H groups in total. The lowest BCUT2D eigenvalue weighted by Gasteiger charge is -2.39. The Morgan fingerprint density at radius 3 is 2.90 bits per heavy atom. The maximum Gasteiger partial charge on any atom is 0.358 e. The number of carboxylic acid groups (broad SMARTS) is 1. The highest BCUT2D eigenvalue weighted by Gasteiger charge is 2.34. The summed E-state index contributed by atoms with van der Waals surface area (Å²) < 4.78 is 6.83. The maximum absolute atomic E-state index is 12.1. The van der Waals surface area contributed by atoms with Crippen molar-refractivity contribution in [2.24, 2.45) is 0 Å². The molecule has 2 aliphatic rings. The molecule has 2 saturated heterocycles. The molecule has 3 heterocycles. The number of likely N-dealkylation sites (tertiary alicyclic amines) is 1. The van der Waals surface area contributed by atoms with Gasteiger partial charge in [-0.2, -0.15) is 0 Å². The van der Waals surface area contributed by atoms with Crippen molar-refractivity contribution in [3.63, 3.8) is 0 Å². The number of nitrogens with one attached hydrogen (secondary N) is 1. The topological polar surface area (TPSA) is 110 Å². The Morgan fingerprint density at radius 2 is 2.29 bits per heavy atom. The van der Waals surface area contributed by atoms with Gasteiger partial charge >= 0.3 is 5.97 Å². The normalized spacial score (nSPS) is 22.9. The van der Waals surface area contributed by atoms with Crippen molar-refractivity contribution in [1.82, 2.24) is 25.2 Å². The summed E-state index contributed by atoms with van der Waals surface area (Å²) in [6.07, 6.45) is 1.82. The van der Waals surface area contributed by atoms with Crippen LogP contribution >= 0.6 is 0 Å². The summed E-state index contributed by atoms with van der Waals surface area (Å²) >= 11 is 0. The van der Waals surface area contributed by atoms with Crippen LogP contribution in [-0.2, 0) is 9.53 Å². The van der Waals surface area contributed by atoms with E-state index in [2.05, 4.69) is 15.6 Å². The number of hydrogen-bond acceptors (Lipinski definition) is 6. The van der Waals surface area contributed by atoms with Gasteiger partial charge < -0.3 is 20.1 Å². The summed E-state index contributed by atoms with van der Waals surface area (Å²) in [7, 11) is 0. The number of morpholine rings is 1. The second-order valence-electron chi connectivity index (χ2n) is 5.27. The van der Waals surface area contributed by atoms with Gasteiger partial charge in [0.25, 0.3) is 0 Å². The lowest BCUT2D eigenvalue weighted by Crippen LogP contribution is -2.53. The minimum atomic E-state index is -1.10. The molecule has 2 fully saturated rings. The molecule has 1 unspecified atom stereocenters. The van der Waals surface area contributed by atoms with Crippen LogP contribution in [0.4, 0.5) is 0 Å². The molecule has 0 spiro atoms. The number of carbonyl (C=O) groups is 2. The Bertz CT molecular complexity index is 534. The molecule has 9 nitrogen and oxygen atoms in total. The zero-order valence-corrected chi connectivity index (χ0v) is 11.4. The lowest BCUT2D eigenvalue weighted by molar-refractivity contribution is -0.138. The smallest absolute Gasteiger partial charge is 0.358 e. The van der Waals surface area contributed by atoms with Crippen molar-refractivity contribution in [1.29, 1.82) is 0 Å². The number of nitrogens with zero attached hydrogens (tertiary/aromatic N) is 4. The van der Waals surface area contributed by atoms with Gasteiger partial charge in [0.05, 0.1) is 25.5 Å². The van der Waals surface area contributed by atoms with E-state index in [4.69, 9.17) is 9.84 Å². The van der Waals surface area contributed by atoms with Crippen LogP contribution in [0.15, 0.2) is 6.20 Å². The molecule has 0 aliphatic carbocycles. The van der Waals surface area contributed by atoms with Crippen LogP contribution in [0, 0.1) is 0 Å². The van der Waals surface area contributed by atoms with Crippen LogP contribution < -0.4 is 5.32 Å². The molecule has 9 heteroatoms. The molecule has 0 radical (unpaired) electrons. The van der Waals surface area contributed by atoms with Gasteiger partial charge in [0, 0.05) is 32.1 Å². The number of rotatable bonds is 4. The van der Waals surface area contributed by atoms with Crippen molar-refractivity contribution >= 4 is 11.9 Å². The van der Waals surface area contributed by atoms with Crippen molar-refractivity contribution in [3.05, 3.63) is 11.9 Å². The first-order chi connectivity index (χ1) is 10.1. The second kappa shape index (κ2) is 5.78. The van der Waals surface area contributed by atoms with E-state index in [0.717, 1.165) is 6.54 Å². The number of aromatic carboxylic acids is 1.